The molecule has 0 N–H and O–H groups in total. The second-order valence-electron chi connectivity index (χ2n) is 5.11. The molecule has 1 fully saturated rings. The molecule has 1 heterocycles. The van der Waals surface area contributed by atoms with E-state index < -0.39 is 0 Å². The minimum absolute atomic E-state index is 0.0452. The van der Waals surface area contributed by atoms with Gasteiger partial charge in [-0.2, -0.15) is 0 Å². The fourth-order valence-electron chi connectivity index (χ4n) is 2.21. The van der Waals surface area contributed by atoms with Crippen molar-refractivity contribution in [2.75, 3.05) is 20.8 Å². The molecule has 4 nitrogen and oxygen atoms in total. The number of benzene rings is 1. The number of methoxy groups -OCH3 is 2. The lowest BCUT2D eigenvalue weighted by Crippen LogP contribution is -2.09. The smallest absolute Gasteiger partial charge is 0.167 e. The zero-order chi connectivity index (χ0) is 14.0. The molecule has 104 valence electrons. The van der Waals surface area contributed by atoms with Crippen molar-refractivity contribution in [3.05, 3.63) is 23.3 Å². The van der Waals surface area contributed by atoms with Crippen LogP contribution in [0.4, 0.5) is 0 Å². The van der Waals surface area contributed by atoms with Crippen LogP contribution in [0.5, 0.6) is 11.5 Å². The van der Waals surface area contributed by atoms with Crippen molar-refractivity contribution in [1.82, 2.24) is 0 Å². The van der Waals surface area contributed by atoms with Gasteiger partial charge in [0.05, 0.1) is 20.8 Å². The third-order valence-electron chi connectivity index (χ3n) is 3.13. The molecule has 1 saturated heterocycles. The van der Waals surface area contributed by atoms with E-state index in [1.54, 1.807) is 20.3 Å². The molecule has 19 heavy (non-hydrogen) atoms. The number of Topliss-reactive ketones (excluding diaryl/α,β-unsaturated/α-hetero) is 1. The molecule has 0 aromatic heterocycles. The van der Waals surface area contributed by atoms with Gasteiger partial charge in [0.1, 0.15) is 6.10 Å². The molecule has 0 spiro atoms. The molecule has 0 unspecified atom stereocenters. The Balaban J connectivity index is 2.45. The maximum absolute atomic E-state index is 12.3. The number of hydrogen-bond acceptors (Lipinski definition) is 4. The summed E-state index contributed by atoms with van der Waals surface area (Å²) in [5, 5.41) is 0. The first kappa shape index (κ1) is 13.9. The van der Waals surface area contributed by atoms with Gasteiger partial charge in [-0.1, -0.05) is 13.8 Å². The van der Waals surface area contributed by atoms with Crippen molar-refractivity contribution >= 4 is 5.78 Å². The van der Waals surface area contributed by atoms with Crippen LogP contribution < -0.4 is 9.47 Å². The first-order chi connectivity index (χ1) is 9.08. The van der Waals surface area contributed by atoms with Gasteiger partial charge >= 0.3 is 0 Å². The predicted molar refractivity (Wildman–Crippen MR) is 72.0 cm³/mol. The summed E-state index contributed by atoms with van der Waals surface area (Å²) in [6.45, 7) is 4.70. The lowest BCUT2D eigenvalue weighted by atomic mass is 9.94. The van der Waals surface area contributed by atoms with Crippen molar-refractivity contribution in [3.8, 4) is 11.5 Å². The van der Waals surface area contributed by atoms with E-state index in [4.69, 9.17) is 14.2 Å². The van der Waals surface area contributed by atoms with Gasteiger partial charge in [-0.25, -0.2) is 0 Å². The van der Waals surface area contributed by atoms with Crippen LogP contribution in [0.15, 0.2) is 12.1 Å². The second-order valence-corrected chi connectivity index (χ2v) is 5.11. The Morgan fingerprint density at radius 2 is 2.05 bits per heavy atom. The van der Waals surface area contributed by atoms with Gasteiger partial charge < -0.3 is 14.2 Å². The van der Waals surface area contributed by atoms with Crippen molar-refractivity contribution < 1.29 is 19.0 Å². The fourth-order valence-corrected chi connectivity index (χ4v) is 2.21. The number of rotatable bonds is 6. The average molecular weight is 264 g/mol. The summed E-state index contributed by atoms with van der Waals surface area (Å²) in [5.41, 5.74) is 1.52. The molecule has 1 aliphatic rings. The summed E-state index contributed by atoms with van der Waals surface area (Å²) in [4.78, 5) is 12.3. The Kier molecular flexibility index (Phi) is 4.10. The van der Waals surface area contributed by atoms with Crippen LogP contribution in [-0.4, -0.2) is 26.6 Å². The number of carbonyl (C=O) groups is 1. The zero-order valence-corrected chi connectivity index (χ0v) is 11.9. The molecule has 0 aliphatic carbocycles. The van der Waals surface area contributed by atoms with Crippen LogP contribution >= 0.6 is 0 Å². The van der Waals surface area contributed by atoms with E-state index in [9.17, 15) is 4.79 Å². The van der Waals surface area contributed by atoms with E-state index in [0.29, 0.717) is 36.0 Å². The van der Waals surface area contributed by atoms with E-state index >= 15 is 0 Å². The largest absolute Gasteiger partial charge is 0.493 e. The number of carbonyl (C=O) groups excluding carboxylic acids is 1. The van der Waals surface area contributed by atoms with Crippen molar-refractivity contribution in [2.24, 2.45) is 5.92 Å². The molecule has 0 amide bonds. The third kappa shape index (κ3) is 2.89. The summed E-state index contributed by atoms with van der Waals surface area (Å²) in [6.07, 6.45) is 0.478. The number of ketones is 1. The topological polar surface area (TPSA) is 48.1 Å². The zero-order valence-electron chi connectivity index (χ0n) is 11.9. The van der Waals surface area contributed by atoms with Crippen LogP contribution in [0.2, 0.25) is 0 Å². The molecular weight excluding hydrogens is 244 g/mol. The second kappa shape index (κ2) is 5.61. The van der Waals surface area contributed by atoms with Crippen LogP contribution in [-0.2, 0) is 4.74 Å². The SMILES string of the molecule is COc1ccc(C(=O)CC(C)C)c([C@H]2CO2)c1OC. The van der Waals surface area contributed by atoms with Crippen LogP contribution in [0, 0.1) is 5.92 Å². The maximum Gasteiger partial charge on any atom is 0.167 e. The van der Waals surface area contributed by atoms with E-state index in [2.05, 4.69) is 0 Å². The van der Waals surface area contributed by atoms with Gasteiger partial charge in [0, 0.05) is 17.5 Å². The highest BCUT2D eigenvalue weighted by Crippen LogP contribution is 2.44. The Morgan fingerprint density at radius 1 is 1.37 bits per heavy atom. The molecular formula is C15H20O4. The first-order valence-electron chi connectivity index (χ1n) is 6.48. The molecule has 0 saturated carbocycles. The predicted octanol–water partition coefficient (Wildman–Crippen LogP) is 3.00. The highest BCUT2D eigenvalue weighted by Gasteiger charge is 2.34. The van der Waals surface area contributed by atoms with Gasteiger partial charge in [0.25, 0.3) is 0 Å². The highest BCUT2D eigenvalue weighted by atomic mass is 16.6. The fraction of sp³-hybridized carbons (Fsp3) is 0.533. The summed E-state index contributed by atoms with van der Waals surface area (Å²) >= 11 is 0. The van der Waals surface area contributed by atoms with Crippen LogP contribution in [0.25, 0.3) is 0 Å². The highest BCUT2D eigenvalue weighted by molar-refractivity contribution is 5.98. The van der Waals surface area contributed by atoms with Crippen LogP contribution in [0.1, 0.15) is 42.3 Å². The van der Waals surface area contributed by atoms with E-state index in [1.165, 1.54) is 0 Å². The Bertz CT molecular complexity index is 475. The number of hydrogen-bond donors (Lipinski definition) is 0. The van der Waals surface area contributed by atoms with Gasteiger partial charge in [-0.05, 0) is 18.1 Å². The maximum atomic E-state index is 12.3. The van der Waals surface area contributed by atoms with Gasteiger partial charge in [-0.15, -0.1) is 0 Å². The quantitative estimate of drug-likeness (QED) is 0.585. The van der Waals surface area contributed by atoms with E-state index in [0.717, 1.165) is 5.56 Å². The Hall–Kier alpha value is -1.55. The standard InChI is InChI=1S/C15H20O4/c1-9(2)7-11(16)10-5-6-12(17-3)15(18-4)14(10)13-8-19-13/h5-6,9,13H,7-8H2,1-4H3/t13-/m1/s1. The first-order valence-corrected chi connectivity index (χ1v) is 6.48. The lowest BCUT2D eigenvalue weighted by Gasteiger charge is -2.15. The summed E-state index contributed by atoms with van der Waals surface area (Å²) in [5.74, 6) is 1.70. The number of epoxide rings is 1. The normalized spacial score (nSPS) is 17.4. The van der Waals surface area contributed by atoms with E-state index in [-0.39, 0.29) is 11.9 Å². The average Bonchev–Trinajstić information content (AvgIpc) is 3.20. The minimum Gasteiger partial charge on any atom is -0.493 e. The Morgan fingerprint density at radius 3 is 2.53 bits per heavy atom. The molecule has 0 radical (unpaired) electrons. The summed E-state index contributed by atoms with van der Waals surface area (Å²) < 4.78 is 16.0. The number of ether oxygens (including phenoxy) is 3. The molecule has 2 rings (SSSR count). The molecule has 1 atom stereocenters. The van der Waals surface area contributed by atoms with Crippen LogP contribution in [0.3, 0.4) is 0 Å². The van der Waals surface area contributed by atoms with E-state index in [1.807, 2.05) is 19.9 Å². The van der Waals surface area contributed by atoms with Gasteiger partial charge in [0.2, 0.25) is 0 Å². The molecule has 4 heteroatoms. The molecule has 1 aromatic rings. The minimum atomic E-state index is -0.0452. The van der Waals surface area contributed by atoms with Gasteiger partial charge in [0.15, 0.2) is 17.3 Å². The molecule has 0 bridgehead atoms. The van der Waals surface area contributed by atoms with Gasteiger partial charge in [-0.3, -0.25) is 4.79 Å². The molecule has 1 aliphatic heterocycles. The van der Waals surface area contributed by atoms with Crippen molar-refractivity contribution in [2.45, 2.75) is 26.4 Å². The molecule has 1 aromatic carbocycles. The van der Waals surface area contributed by atoms with Crippen molar-refractivity contribution in [1.29, 1.82) is 0 Å². The Labute approximate surface area is 113 Å². The monoisotopic (exact) mass is 264 g/mol. The summed E-state index contributed by atoms with van der Waals surface area (Å²) in [6, 6.07) is 3.58. The third-order valence-corrected chi connectivity index (χ3v) is 3.13. The summed E-state index contributed by atoms with van der Waals surface area (Å²) in [7, 11) is 3.17. The lowest BCUT2D eigenvalue weighted by molar-refractivity contribution is 0.0965. The van der Waals surface area contributed by atoms with Crippen molar-refractivity contribution in [3.63, 3.8) is 0 Å².